The van der Waals surface area contributed by atoms with E-state index in [1.807, 2.05) is 60.7 Å². The molecule has 1 aliphatic heterocycles. The number of aromatic amines is 1. The van der Waals surface area contributed by atoms with E-state index in [-0.39, 0.29) is 42.0 Å². The molecule has 0 aliphatic carbocycles. The van der Waals surface area contributed by atoms with Crippen molar-refractivity contribution in [3.8, 4) is 11.4 Å². The fourth-order valence-electron chi connectivity index (χ4n) is 3.36. The Balaban J connectivity index is 0.00000192. The van der Waals surface area contributed by atoms with E-state index in [4.69, 9.17) is 0 Å². The van der Waals surface area contributed by atoms with Crippen molar-refractivity contribution in [2.75, 3.05) is 11.9 Å². The van der Waals surface area contributed by atoms with Gasteiger partial charge in [0.25, 0.3) is 0 Å². The SMILES string of the molecule is O=C1CN=C(c2cccc(-c3nnn[nH]3)c2)c2ccc3ccccc3c2N1.[NaH]. The first-order valence-corrected chi connectivity index (χ1v) is 8.50. The zero-order valence-electron chi connectivity index (χ0n) is 14.2. The van der Waals surface area contributed by atoms with Gasteiger partial charge in [-0.15, -0.1) is 5.10 Å². The van der Waals surface area contributed by atoms with Gasteiger partial charge in [-0.3, -0.25) is 9.79 Å². The summed E-state index contributed by atoms with van der Waals surface area (Å²) in [4.78, 5) is 16.9. The molecule has 4 aromatic rings. The van der Waals surface area contributed by atoms with Crippen molar-refractivity contribution >= 4 is 57.6 Å². The number of aliphatic imine (C=N–C) groups is 1. The average Bonchev–Trinajstić information content (AvgIpc) is 3.18. The molecule has 3 aromatic carbocycles. The van der Waals surface area contributed by atoms with Crippen molar-refractivity contribution in [1.82, 2.24) is 20.6 Å². The van der Waals surface area contributed by atoms with Gasteiger partial charge >= 0.3 is 29.6 Å². The van der Waals surface area contributed by atoms with Gasteiger partial charge in [0.1, 0.15) is 6.54 Å². The fourth-order valence-corrected chi connectivity index (χ4v) is 3.36. The van der Waals surface area contributed by atoms with Crippen molar-refractivity contribution < 1.29 is 4.79 Å². The quantitative estimate of drug-likeness (QED) is 0.523. The van der Waals surface area contributed by atoms with E-state index in [0.29, 0.717) is 5.82 Å². The Labute approximate surface area is 182 Å². The van der Waals surface area contributed by atoms with Crippen molar-refractivity contribution in [3.63, 3.8) is 0 Å². The normalized spacial score (nSPS) is 13.1. The number of amides is 1. The van der Waals surface area contributed by atoms with Crippen LogP contribution in [0.2, 0.25) is 0 Å². The number of tetrazole rings is 1. The summed E-state index contributed by atoms with van der Waals surface area (Å²) >= 11 is 0. The molecule has 132 valence electrons. The Morgan fingerprint density at radius 3 is 2.64 bits per heavy atom. The topological polar surface area (TPSA) is 95.9 Å². The van der Waals surface area contributed by atoms with Crippen LogP contribution < -0.4 is 5.32 Å². The first-order valence-electron chi connectivity index (χ1n) is 8.50. The summed E-state index contributed by atoms with van der Waals surface area (Å²) in [5.41, 5.74) is 4.21. The summed E-state index contributed by atoms with van der Waals surface area (Å²) < 4.78 is 0. The molecule has 7 nitrogen and oxygen atoms in total. The van der Waals surface area contributed by atoms with Crippen LogP contribution >= 0.6 is 0 Å². The van der Waals surface area contributed by atoms with E-state index in [1.54, 1.807) is 0 Å². The number of anilines is 1. The number of hydrogen-bond donors (Lipinski definition) is 2. The monoisotopic (exact) mass is 378 g/mol. The van der Waals surface area contributed by atoms with Gasteiger partial charge in [-0.25, -0.2) is 5.10 Å². The van der Waals surface area contributed by atoms with E-state index < -0.39 is 0 Å². The van der Waals surface area contributed by atoms with Crippen LogP contribution in [0.4, 0.5) is 5.69 Å². The molecular weight excluding hydrogens is 363 g/mol. The molecule has 0 saturated carbocycles. The molecule has 0 spiro atoms. The van der Waals surface area contributed by atoms with Gasteiger partial charge < -0.3 is 5.32 Å². The Kier molecular flexibility index (Phi) is 5.04. The molecular formula is C20H15N6NaO. The molecule has 0 atom stereocenters. The number of benzene rings is 3. The molecule has 0 bridgehead atoms. The van der Waals surface area contributed by atoms with Crippen LogP contribution in [-0.2, 0) is 4.79 Å². The van der Waals surface area contributed by atoms with Crippen LogP contribution in [0.25, 0.3) is 22.2 Å². The van der Waals surface area contributed by atoms with E-state index in [9.17, 15) is 4.79 Å². The molecule has 1 amide bonds. The minimum absolute atomic E-state index is 0. The van der Waals surface area contributed by atoms with E-state index >= 15 is 0 Å². The zero-order valence-corrected chi connectivity index (χ0v) is 14.2. The third-order valence-electron chi connectivity index (χ3n) is 4.58. The van der Waals surface area contributed by atoms with Gasteiger partial charge in [0.15, 0.2) is 5.82 Å². The Morgan fingerprint density at radius 1 is 0.929 bits per heavy atom. The number of nitrogens with one attached hydrogen (secondary N) is 2. The number of H-pyrrole nitrogens is 1. The number of rotatable bonds is 2. The third-order valence-corrected chi connectivity index (χ3v) is 4.58. The van der Waals surface area contributed by atoms with E-state index in [1.165, 1.54) is 0 Å². The second kappa shape index (κ2) is 7.63. The number of nitrogens with zero attached hydrogens (tertiary/aromatic N) is 4. The van der Waals surface area contributed by atoms with E-state index in [0.717, 1.165) is 38.9 Å². The summed E-state index contributed by atoms with van der Waals surface area (Å²) in [6.45, 7) is 0.0758. The van der Waals surface area contributed by atoms with Gasteiger partial charge in [-0.05, 0) is 21.9 Å². The van der Waals surface area contributed by atoms with Gasteiger partial charge in [0.2, 0.25) is 5.91 Å². The number of hydrogen-bond acceptors (Lipinski definition) is 5. The minimum atomic E-state index is -0.127. The van der Waals surface area contributed by atoms with Crippen molar-refractivity contribution in [2.45, 2.75) is 0 Å². The Morgan fingerprint density at radius 2 is 1.79 bits per heavy atom. The van der Waals surface area contributed by atoms with Crippen LogP contribution in [0, 0.1) is 0 Å². The number of carbonyl (C=O) groups is 1. The summed E-state index contributed by atoms with van der Waals surface area (Å²) in [7, 11) is 0. The van der Waals surface area contributed by atoms with Crippen LogP contribution in [0.5, 0.6) is 0 Å². The van der Waals surface area contributed by atoms with Crippen LogP contribution in [0.3, 0.4) is 0 Å². The number of fused-ring (bicyclic) bond motifs is 3. The molecule has 2 heterocycles. The maximum atomic E-state index is 12.3. The van der Waals surface area contributed by atoms with Crippen molar-refractivity contribution in [1.29, 1.82) is 0 Å². The second-order valence-corrected chi connectivity index (χ2v) is 6.25. The predicted molar refractivity (Wildman–Crippen MR) is 110 cm³/mol. The van der Waals surface area contributed by atoms with Gasteiger partial charge in [0.05, 0.1) is 11.4 Å². The van der Waals surface area contributed by atoms with Crippen molar-refractivity contribution in [2.24, 2.45) is 4.99 Å². The van der Waals surface area contributed by atoms with Gasteiger partial charge in [-0.1, -0.05) is 54.6 Å². The standard InChI is InChI=1S/C20H14N6O.Na.H/c27-17-11-21-18(13-5-3-6-14(10-13)20-23-25-26-24-20)16-9-8-12-4-1-2-7-15(12)19(16)22-17;;/h1-10H,11H2,(H,22,27)(H,23,24,25,26);;. The Hall–Kier alpha value is -2.87. The number of aromatic nitrogens is 4. The van der Waals surface area contributed by atoms with Gasteiger partial charge in [-0.2, -0.15) is 0 Å². The molecule has 0 unspecified atom stereocenters. The maximum absolute atomic E-state index is 12.3. The molecule has 0 radical (unpaired) electrons. The predicted octanol–water partition coefficient (Wildman–Crippen LogP) is 2.16. The Bertz CT molecular complexity index is 1200. The van der Waals surface area contributed by atoms with Crippen LogP contribution in [0.1, 0.15) is 11.1 Å². The van der Waals surface area contributed by atoms with Gasteiger partial charge in [0, 0.05) is 22.1 Å². The second-order valence-electron chi connectivity index (χ2n) is 6.25. The molecule has 1 aromatic heterocycles. The van der Waals surface area contributed by atoms with E-state index in [2.05, 4.69) is 30.9 Å². The molecule has 0 saturated heterocycles. The fraction of sp³-hybridized carbons (Fsp3) is 0.0500. The molecule has 5 rings (SSSR count). The first kappa shape index (κ1) is 18.5. The third kappa shape index (κ3) is 3.24. The molecule has 8 heteroatoms. The van der Waals surface area contributed by atoms with Crippen molar-refractivity contribution in [3.05, 3.63) is 71.8 Å². The number of carbonyl (C=O) groups excluding carboxylic acids is 1. The molecule has 2 N–H and O–H groups in total. The zero-order chi connectivity index (χ0) is 18.2. The summed E-state index contributed by atoms with van der Waals surface area (Å²) in [5, 5.41) is 19.1. The first-order chi connectivity index (χ1) is 13.3. The molecule has 0 fully saturated rings. The van der Waals surface area contributed by atoms with Crippen LogP contribution in [-0.4, -0.2) is 68.3 Å². The summed E-state index contributed by atoms with van der Waals surface area (Å²) in [5.74, 6) is 0.456. The van der Waals surface area contributed by atoms with Crippen LogP contribution in [0.15, 0.2) is 65.7 Å². The molecule has 1 aliphatic rings. The average molecular weight is 378 g/mol. The summed E-state index contributed by atoms with van der Waals surface area (Å²) in [6.07, 6.45) is 0. The summed E-state index contributed by atoms with van der Waals surface area (Å²) in [6, 6.07) is 19.8. The molecule has 28 heavy (non-hydrogen) atoms.